The number of benzene rings is 1. The molecule has 1 atom stereocenters. The number of nitrogens with two attached hydrogens (primary N) is 1. The van der Waals surface area contributed by atoms with Gasteiger partial charge in [0.05, 0.1) is 23.5 Å². The van der Waals surface area contributed by atoms with Gasteiger partial charge in [-0.15, -0.1) is 0 Å². The van der Waals surface area contributed by atoms with E-state index in [1.54, 1.807) is 7.11 Å². The minimum atomic E-state index is -0.202. The number of aromatic nitrogens is 2. The van der Waals surface area contributed by atoms with Gasteiger partial charge >= 0.3 is 0 Å². The van der Waals surface area contributed by atoms with E-state index in [0.29, 0.717) is 11.4 Å². The van der Waals surface area contributed by atoms with Crippen molar-refractivity contribution in [3.8, 4) is 5.75 Å². The van der Waals surface area contributed by atoms with Crippen LogP contribution < -0.4 is 10.5 Å². The summed E-state index contributed by atoms with van der Waals surface area (Å²) in [5.74, 6) is 0.771. The highest BCUT2D eigenvalue weighted by atomic mass is 79.9. The van der Waals surface area contributed by atoms with Crippen LogP contribution >= 0.6 is 27.5 Å². The van der Waals surface area contributed by atoms with Gasteiger partial charge < -0.3 is 10.5 Å². The monoisotopic (exact) mass is 371 g/mol. The van der Waals surface area contributed by atoms with Crippen molar-refractivity contribution in [2.24, 2.45) is 5.73 Å². The van der Waals surface area contributed by atoms with Crippen molar-refractivity contribution in [3.05, 3.63) is 44.6 Å². The number of hydrogen-bond acceptors (Lipinski definition) is 3. The van der Waals surface area contributed by atoms with Crippen molar-refractivity contribution in [1.82, 2.24) is 9.78 Å². The fourth-order valence-electron chi connectivity index (χ4n) is 2.37. The van der Waals surface area contributed by atoms with E-state index in [1.807, 2.05) is 36.7 Å². The van der Waals surface area contributed by atoms with Crippen LogP contribution in [-0.2, 0) is 13.0 Å². The van der Waals surface area contributed by atoms with E-state index in [9.17, 15) is 0 Å². The van der Waals surface area contributed by atoms with E-state index >= 15 is 0 Å². The molecule has 2 N–H and O–H groups in total. The molecule has 114 valence electrons. The highest BCUT2D eigenvalue weighted by Crippen LogP contribution is 2.31. The predicted octanol–water partition coefficient (Wildman–Crippen LogP) is 3.88. The first-order valence-corrected chi connectivity index (χ1v) is 7.95. The zero-order valence-corrected chi connectivity index (χ0v) is 14.7. The topological polar surface area (TPSA) is 53.1 Å². The molecule has 0 aliphatic carbocycles. The van der Waals surface area contributed by atoms with Gasteiger partial charge in [0, 0.05) is 29.0 Å². The van der Waals surface area contributed by atoms with Crippen molar-refractivity contribution in [1.29, 1.82) is 0 Å². The van der Waals surface area contributed by atoms with Gasteiger partial charge in [-0.3, -0.25) is 4.68 Å². The standard InChI is InChI=1S/C15H19BrClN3O/c1-4-20-13(15(17)9(2)19-20)8-12(18)11-6-5-10(16)7-14(11)21-3/h5-7,12H,4,8,18H2,1-3H3. The summed E-state index contributed by atoms with van der Waals surface area (Å²) in [7, 11) is 1.64. The summed E-state index contributed by atoms with van der Waals surface area (Å²) in [4.78, 5) is 0. The smallest absolute Gasteiger partial charge is 0.124 e. The van der Waals surface area contributed by atoms with Gasteiger partial charge in [-0.2, -0.15) is 5.10 Å². The molecule has 2 aromatic rings. The van der Waals surface area contributed by atoms with Gasteiger partial charge in [-0.05, 0) is 26.0 Å². The van der Waals surface area contributed by atoms with Gasteiger partial charge in [0.15, 0.2) is 0 Å². The van der Waals surface area contributed by atoms with Crippen molar-refractivity contribution in [2.75, 3.05) is 7.11 Å². The normalized spacial score (nSPS) is 12.5. The van der Waals surface area contributed by atoms with Gasteiger partial charge in [0.2, 0.25) is 0 Å². The third-order valence-electron chi connectivity index (χ3n) is 3.46. The largest absolute Gasteiger partial charge is 0.496 e. The zero-order valence-electron chi connectivity index (χ0n) is 12.4. The number of rotatable bonds is 5. The molecule has 0 amide bonds. The van der Waals surface area contributed by atoms with Crippen molar-refractivity contribution < 1.29 is 4.74 Å². The van der Waals surface area contributed by atoms with E-state index in [2.05, 4.69) is 21.0 Å². The molecular formula is C15H19BrClN3O. The summed E-state index contributed by atoms with van der Waals surface area (Å²) < 4.78 is 8.28. The Morgan fingerprint density at radius 2 is 2.19 bits per heavy atom. The van der Waals surface area contributed by atoms with Crippen molar-refractivity contribution >= 4 is 27.5 Å². The Labute approximate surface area is 138 Å². The Balaban J connectivity index is 2.32. The fourth-order valence-corrected chi connectivity index (χ4v) is 2.93. The maximum Gasteiger partial charge on any atom is 0.124 e. The Morgan fingerprint density at radius 1 is 1.48 bits per heavy atom. The third-order valence-corrected chi connectivity index (χ3v) is 4.45. The highest BCUT2D eigenvalue weighted by molar-refractivity contribution is 9.10. The second-order valence-electron chi connectivity index (χ2n) is 4.86. The third kappa shape index (κ3) is 3.42. The van der Waals surface area contributed by atoms with Crippen molar-refractivity contribution in [2.45, 2.75) is 32.9 Å². The lowest BCUT2D eigenvalue weighted by Gasteiger charge is -2.17. The highest BCUT2D eigenvalue weighted by Gasteiger charge is 2.19. The molecular weight excluding hydrogens is 354 g/mol. The molecule has 0 aliphatic heterocycles. The molecule has 0 aliphatic rings. The summed E-state index contributed by atoms with van der Waals surface area (Å²) in [6, 6.07) is 5.65. The number of methoxy groups -OCH3 is 1. The molecule has 0 radical (unpaired) electrons. The van der Waals surface area contributed by atoms with Crippen LogP contribution in [0.1, 0.15) is 29.9 Å². The molecule has 0 saturated carbocycles. The summed E-state index contributed by atoms with van der Waals surface area (Å²) in [6.45, 7) is 4.72. The van der Waals surface area contributed by atoms with Crippen LogP contribution in [-0.4, -0.2) is 16.9 Å². The molecule has 0 bridgehead atoms. The molecule has 21 heavy (non-hydrogen) atoms. The quantitative estimate of drug-likeness (QED) is 0.866. The average Bonchev–Trinajstić information content (AvgIpc) is 2.74. The summed E-state index contributed by atoms with van der Waals surface area (Å²) >= 11 is 9.78. The fraction of sp³-hybridized carbons (Fsp3) is 0.400. The van der Waals surface area contributed by atoms with Crippen molar-refractivity contribution in [3.63, 3.8) is 0 Å². The number of aryl methyl sites for hydroxylation is 2. The number of halogens is 2. The predicted molar refractivity (Wildman–Crippen MR) is 89.0 cm³/mol. The lowest BCUT2D eigenvalue weighted by molar-refractivity contribution is 0.404. The molecule has 1 aromatic heterocycles. The van der Waals surface area contributed by atoms with Crippen LogP contribution in [0, 0.1) is 6.92 Å². The van der Waals surface area contributed by atoms with Crippen LogP contribution in [0.25, 0.3) is 0 Å². The van der Waals surface area contributed by atoms with Crippen LogP contribution in [0.4, 0.5) is 0 Å². The van der Waals surface area contributed by atoms with Crippen LogP contribution in [0.15, 0.2) is 22.7 Å². The molecule has 0 saturated heterocycles. The molecule has 0 spiro atoms. The lowest BCUT2D eigenvalue weighted by atomic mass is 10.0. The van der Waals surface area contributed by atoms with E-state index < -0.39 is 0 Å². The first-order chi connectivity index (χ1) is 9.97. The summed E-state index contributed by atoms with van der Waals surface area (Å²) in [5.41, 5.74) is 9.12. The van der Waals surface area contributed by atoms with E-state index in [1.165, 1.54) is 0 Å². The van der Waals surface area contributed by atoms with E-state index in [0.717, 1.165) is 33.7 Å². The molecule has 0 fully saturated rings. The van der Waals surface area contributed by atoms with Gasteiger partial charge in [0.25, 0.3) is 0 Å². The lowest BCUT2D eigenvalue weighted by Crippen LogP contribution is -2.17. The first kappa shape index (κ1) is 16.3. The Morgan fingerprint density at radius 3 is 2.81 bits per heavy atom. The Kier molecular flexibility index (Phi) is 5.30. The molecule has 2 rings (SSSR count). The maximum atomic E-state index is 6.36. The number of hydrogen-bond donors (Lipinski definition) is 1. The van der Waals surface area contributed by atoms with Gasteiger partial charge in [-0.25, -0.2) is 0 Å². The van der Waals surface area contributed by atoms with E-state index in [4.69, 9.17) is 22.1 Å². The minimum Gasteiger partial charge on any atom is -0.496 e. The zero-order chi connectivity index (χ0) is 15.6. The van der Waals surface area contributed by atoms with Gasteiger partial charge in [0.1, 0.15) is 5.75 Å². The number of nitrogens with zero attached hydrogens (tertiary/aromatic N) is 2. The Bertz CT molecular complexity index is 642. The maximum absolute atomic E-state index is 6.36. The molecule has 6 heteroatoms. The molecule has 1 unspecified atom stereocenters. The first-order valence-electron chi connectivity index (χ1n) is 6.78. The van der Waals surface area contributed by atoms with Gasteiger partial charge in [-0.1, -0.05) is 33.6 Å². The van der Waals surface area contributed by atoms with Crippen LogP contribution in [0.2, 0.25) is 5.02 Å². The SMILES string of the molecule is CCn1nc(C)c(Cl)c1CC(N)c1ccc(Br)cc1OC. The van der Waals surface area contributed by atoms with Crippen LogP contribution in [0.3, 0.4) is 0 Å². The second-order valence-corrected chi connectivity index (χ2v) is 6.15. The van der Waals surface area contributed by atoms with Crippen LogP contribution in [0.5, 0.6) is 5.75 Å². The second kappa shape index (κ2) is 6.81. The minimum absolute atomic E-state index is 0.202. The number of ether oxygens (including phenoxy) is 1. The summed E-state index contributed by atoms with van der Waals surface area (Å²) in [5, 5.41) is 5.12. The molecule has 4 nitrogen and oxygen atoms in total. The summed E-state index contributed by atoms with van der Waals surface area (Å²) in [6.07, 6.45) is 0.617. The van der Waals surface area contributed by atoms with E-state index in [-0.39, 0.29) is 6.04 Å². The Hall–Kier alpha value is -1.04. The molecule has 1 heterocycles. The average molecular weight is 373 g/mol. The molecule has 1 aromatic carbocycles.